The summed E-state index contributed by atoms with van der Waals surface area (Å²) in [6.45, 7) is -0.0127. The molecular formula is C28H32O7S2. The lowest BCUT2D eigenvalue weighted by Gasteiger charge is -2.20. The summed E-state index contributed by atoms with van der Waals surface area (Å²) >= 11 is 0. The van der Waals surface area contributed by atoms with Gasteiger partial charge in [0.15, 0.2) is 11.9 Å². The maximum absolute atomic E-state index is 12.6. The molecule has 9 heteroatoms. The van der Waals surface area contributed by atoms with Gasteiger partial charge >= 0.3 is 11.9 Å². The van der Waals surface area contributed by atoms with E-state index in [-0.39, 0.29) is 37.3 Å². The van der Waals surface area contributed by atoms with E-state index in [1.807, 2.05) is 82.3 Å². The van der Waals surface area contributed by atoms with Gasteiger partial charge in [0.1, 0.15) is 25.9 Å². The van der Waals surface area contributed by atoms with Crippen LogP contribution >= 0.6 is 21.6 Å². The monoisotopic (exact) mass is 544 g/mol. The average Bonchev–Trinajstić information content (AvgIpc) is 3.56. The van der Waals surface area contributed by atoms with Crippen LogP contribution in [0.25, 0.3) is 0 Å². The Labute approximate surface area is 225 Å². The zero-order valence-corrected chi connectivity index (χ0v) is 22.2. The van der Waals surface area contributed by atoms with Crippen LogP contribution in [0.3, 0.4) is 0 Å². The van der Waals surface area contributed by atoms with Crippen LogP contribution in [0, 0.1) is 0 Å². The number of unbranched alkanes of at least 4 members (excludes halogenated alkanes) is 1. The molecule has 2 heterocycles. The van der Waals surface area contributed by atoms with Crippen molar-refractivity contribution in [2.45, 2.75) is 62.8 Å². The van der Waals surface area contributed by atoms with E-state index in [9.17, 15) is 14.7 Å². The van der Waals surface area contributed by atoms with Gasteiger partial charge in [-0.25, -0.2) is 4.79 Å². The number of aliphatic hydroxyl groups excluding tert-OH is 1. The Balaban J connectivity index is 1.33. The zero-order valence-electron chi connectivity index (χ0n) is 20.6. The van der Waals surface area contributed by atoms with Gasteiger partial charge in [-0.1, -0.05) is 88.7 Å². The third kappa shape index (κ3) is 8.45. The largest absolute Gasteiger partial charge is 0.485 e. The lowest BCUT2D eigenvalue weighted by Crippen LogP contribution is -2.34. The molecule has 3 atom stereocenters. The van der Waals surface area contributed by atoms with Crippen LogP contribution in [0.4, 0.5) is 0 Å². The smallest absolute Gasteiger partial charge is 0.378 e. The highest BCUT2D eigenvalue weighted by Gasteiger charge is 2.42. The van der Waals surface area contributed by atoms with Crippen LogP contribution < -0.4 is 0 Å². The molecule has 7 nitrogen and oxygen atoms in total. The number of rotatable bonds is 14. The fourth-order valence-corrected chi connectivity index (χ4v) is 7.02. The van der Waals surface area contributed by atoms with E-state index in [4.69, 9.17) is 18.9 Å². The lowest BCUT2D eigenvalue weighted by atomic mass is 10.1. The maximum Gasteiger partial charge on any atom is 0.378 e. The van der Waals surface area contributed by atoms with Gasteiger partial charge in [0.25, 0.3) is 0 Å². The number of carbonyl (C=O) groups excluding carboxylic acids is 2. The number of ether oxygens (including phenoxy) is 4. The minimum Gasteiger partial charge on any atom is -0.485 e. The summed E-state index contributed by atoms with van der Waals surface area (Å²) in [6, 6.07) is 18.8. The van der Waals surface area contributed by atoms with Gasteiger partial charge in [-0.3, -0.25) is 4.79 Å². The fraction of sp³-hybridized carbons (Fsp3) is 0.429. The number of hydrogen-bond acceptors (Lipinski definition) is 9. The topological polar surface area (TPSA) is 91.3 Å². The lowest BCUT2D eigenvalue weighted by molar-refractivity contribution is -0.155. The average molecular weight is 545 g/mol. The van der Waals surface area contributed by atoms with Crippen molar-refractivity contribution in [1.82, 2.24) is 0 Å². The molecule has 0 radical (unpaired) electrons. The molecule has 4 rings (SSSR count). The summed E-state index contributed by atoms with van der Waals surface area (Å²) in [5.41, 5.74) is 1.75. The number of hydrogen-bond donors (Lipinski definition) is 1. The first-order valence-electron chi connectivity index (χ1n) is 12.5. The summed E-state index contributed by atoms with van der Waals surface area (Å²) in [5.74, 6) is 0.106. The Morgan fingerprint density at radius 3 is 2.32 bits per heavy atom. The van der Waals surface area contributed by atoms with Crippen molar-refractivity contribution in [3.8, 4) is 0 Å². The van der Waals surface area contributed by atoms with Gasteiger partial charge in [-0.15, -0.1) is 0 Å². The van der Waals surface area contributed by atoms with Crippen molar-refractivity contribution < 1.29 is 33.6 Å². The predicted octanol–water partition coefficient (Wildman–Crippen LogP) is 5.18. The molecule has 1 saturated heterocycles. The molecule has 0 aromatic heterocycles. The number of aliphatic hydroxyl groups is 1. The van der Waals surface area contributed by atoms with Gasteiger partial charge < -0.3 is 24.1 Å². The number of benzene rings is 2. The fourth-order valence-electron chi connectivity index (χ4n) is 3.99. The highest BCUT2D eigenvalue weighted by atomic mass is 33.1. The van der Waals surface area contributed by atoms with Gasteiger partial charge in [-0.05, 0) is 30.4 Å². The van der Waals surface area contributed by atoms with Gasteiger partial charge in [-0.2, -0.15) is 0 Å². The van der Waals surface area contributed by atoms with E-state index in [2.05, 4.69) is 0 Å². The molecule has 2 aliphatic heterocycles. The molecule has 37 heavy (non-hydrogen) atoms. The summed E-state index contributed by atoms with van der Waals surface area (Å²) in [6.07, 6.45) is 1.92. The summed E-state index contributed by atoms with van der Waals surface area (Å²) in [4.78, 5) is 24.9. The third-order valence-electron chi connectivity index (χ3n) is 6.01. The molecule has 0 bridgehead atoms. The minimum absolute atomic E-state index is 0.0851. The molecule has 2 aromatic carbocycles. The molecule has 3 unspecified atom stereocenters. The van der Waals surface area contributed by atoms with Crippen LogP contribution in [0.1, 0.15) is 43.2 Å². The maximum atomic E-state index is 12.6. The molecule has 0 aliphatic carbocycles. The second-order valence-electron chi connectivity index (χ2n) is 8.89. The quantitative estimate of drug-likeness (QED) is 0.196. The number of cyclic esters (lactones) is 1. The highest BCUT2D eigenvalue weighted by Crippen LogP contribution is 2.40. The van der Waals surface area contributed by atoms with Crippen molar-refractivity contribution >= 4 is 33.5 Å². The molecule has 0 saturated carbocycles. The summed E-state index contributed by atoms with van der Waals surface area (Å²) < 4.78 is 22.4. The molecule has 2 aromatic rings. The Kier molecular flexibility index (Phi) is 10.6. The second kappa shape index (κ2) is 14.4. The first kappa shape index (κ1) is 27.4. The highest BCUT2D eigenvalue weighted by molar-refractivity contribution is 8.77. The molecule has 0 spiro atoms. The van der Waals surface area contributed by atoms with Crippen molar-refractivity contribution in [2.75, 3.05) is 12.4 Å². The normalized spacial score (nSPS) is 20.0. The van der Waals surface area contributed by atoms with Crippen LogP contribution in [0.2, 0.25) is 0 Å². The zero-order chi connectivity index (χ0) is 25.9. The number of esters is 2. The van der Waals surface area contributed by atoms with E-state index < -0.39 is 18.2 Å². The van der Waals surface area contributed by atoms with Crippen LogP contribution in [0.15, 0.2) is 72.2 Å². The second-order valence-corrected chi connectivity index (χ2v) is 11.7. The first-order valence-corrected chi connectivity index (χ1v) is 14.9. The minimum atomic E-state index is -1.29. The summed E-state index contributed by atoms with van der Waals surface area (Å²) in [5, 5.41) is 11.5. The van der Waals surface area contributed by atoms with E-state index in [0.717, 1.165) is 30.4 Å². The Morgan fingerprint density at radius 2 is 1.68 bits per heavy atom. The Morgan fingerprint density at radius 1 is 1.00 bits per heavy atom. The van der Waals surface area contributed by atoms with Gasteiger partial charge in [0.2, 0.25) is 5.76 Å². The predicted molar refractivity (Wildman–Crippen MR) is 143 cm³/mol. The SMILES string of the molecule is O=C(CCCCC1CCSS1)OCC(O)C1OC(=O)C(OCc2ccccc2)=C1OCc1ccccc1. The molecule has 198 valence electrons. The van der Waals surface area contributed by atoms with Crippen molar-refractivity contribution in [3.05, 3.63) is 83.3 Å². The summed E-state index contributed by atoms with van der Waals surface area (Å²) in [7, 11) is 3.85. The third-order valence-corrected chi connectivity index (χ3v) is 9.02. The van der Waals surface area contributed by atoms with Gasteiger partial charge in [0.05, 0.1) is 0 Å². The molecular weight excluding hydrogens is 512 g/mol. The van der Waals surface area contributed by atoms with Crippen molar-refractivity contribution in [1.29, 1.82) is 0 Å². The first-order chi connectivity index (χ1) is 18.1. The van der Waals surface area contributed by atoms with E-state index in [1.54, 1.807) is 0 Å². The van der Waals surface area contributed by atoms with E-state index in [0.29, 0.717) is 11.7 Å². The Bertz CT molecular complexity index is 1040. The van der Waals surface area contributed by atoms with Crippen molar-refractivity contribution in [3.63, 3.8) is 0 Å². The standard InChI is InChI=1S/C28H32O7S2/c29-23(19-32-24(30)14-8-7-13-22-15-16-36-37-22)25-26(33-17-20-9-3-1-4-10-20)27(28(31)35-25)34-18-21-11-5-2-6-12-21/h1-6,9-12,22-23,25,29H,7-8,13-19H2. The van der Waals surface area contributed by atoms with Crippen molar-refractivity contribution in [2.24, 2.45) is 0 Å². The van der Waals surface area contributed by atoms with Crippen LogP contribution in [-0.2, 0) is 41.8 Å². The molecule has 1 fully saturated rings. The molecule has 0 amide bonds. The van der Waals surface area contributed by atoms with Gasteiger partial charge in [0, 0.05) is 17.4 Å². The Hall–Kier alpha value is -2.62. The molecule has 1 N–H and O–H groups in total. The van der Waals surface area contributed by atoms with Crippen LogP contribution in [-0.4, -0.2) is 46.9 Å². The van der Waals surface area contributed by atoms with Crippen LogP contribution in [0.5, 0.6) is 0 Å². The number of carbonyl (C=O) groups is 2. The molecule has 2 aliphatic rings. The van der Waals surface area contributed by atoms with E-state index >= 15 is 0 Å². The van der Waals surface area contributed by atoms with E-state index in [1.165, 1.54) is 12.2 Å².